The second-order valence-corrected chi connectivity index (χ2v) is 10.2. The lowest BCUT2D eigenvalue weighted by molar-refractivity contribution is -0.135. The van der Waals surface area contributed by atoms with E-state index in [0.717, 1.165) is 16.8 Å². The number of aromatic hydroxyl groups is 1. The molecule has 3 aromatic heterocycles. The number of benzene rings is 1. The number of carbonyl (C=O) groups excluding carboxylic acids is 1. The number of phenolic OH excluding ortho intramolecular Hbond substituents is 1. The zero-order valence-electron chi connectivity index (χ0n) is 22.0. The van der Waals surface area contributed by atoms with Gasteiger partial charge in [0, 0.05) is 67.1 Å². The van der Waals surface area contributed by atoms with Crippen LogP contribution in [0.15, 0.2) is 47.0 Å². The van der Waals surface area contributed by atoms with E-state index < -0.39 is 0 Å². The maximum atomic E-state index is 12.6. The summed E-state index contributed by atoms with van der Waals surface area (Å²) in [7, 11) is 0. The van der Waals surface area contributed by atoms with Gasteiger partial charge >= 0.3 is 0 Å². The predicted molar refractivity (Wildman–Crippen MR) is 143 cm³/mol. The maximum absolute atomic E-state index is 12.6. The van der Waals surface area contributed by atoms with Crippen LogP contribution in [0.2, 0.25) is 0 Å². The fourth-order valence-corrected chi connectivity index (χ4v) is 4.46. The van der Waals surface area contributed by atoms with E-state index in [-0.39, 0.29) is 23.5 Å². The Bertz CT molecular complexity index is 1390. The van der Waals surface area contributed by atoms with E-state index in [9.17, 15) is 9.90 Å². The summed E-state index contributed by atoms with van der Waals surface area (Å²) in [5.41, 5.74) is 3.01. The first kappa shape index (κ1) is 25.7. The number of aromatic amines is 1. The smallest absolute Gasteiger partial charge is 0.254 e. The summed E-state index contributed by atoms with van der Waals surface area (Å²) < 4.78 is 11.0. The first-order valence-corrected chi connectivity index (χ1v) is 13.1. The van der Waals surface area contributed by atoms with Gasteiger partial charge in [0.15, 0.2) is 5.65 Å². The molecule has 1 saturated heterocycles. The van der Waals surface area contributed by atoms with Crippen LogP contribution < -0.4 is 10.1 Å². The Kier molecular flexibility index (Phi) is 7.59. The minimum absolute atomic E-state index is 0.135. The molecule has 5 rings (SSSR count). The zero-order chi connectivity index (χ0) is 26.6. The standard InChI is InChI=1S/C28H34N6O4/c1-17(2)18(3)25-14-26(33-38-25)37-11-10-29-9-8-27(36)34-15-20(16-34)22-12-19-13-23(31-32-28(19)30-22)21-6-4-5-7-24(21)35/h4-7,12-14,17-18,20,29,35H,8-11,15-16H2,1-3H3,(H,30,32)/t18-/m1/s1. The van der Waals surface area contributed by atoms with Gasteiger partial charge in [-0.3, -0.25) is 4.79 Å². The Hall–Kier alpha value is -3.92. The first-order valence-electron chi connectivity index (χ1n) is 13.1. The van der Waals surface area contributed by atoms with Crippen molar-refractivity contribution in [2.24, 2.45) is 5.92 Å². The van der Waals surface area contributed by atoms with Gasteiger partial charge in [0.25, 0.3) is 5.88 Å². The Balaban J connectivity index is 1.03. The molecule has 0 aliphatic carbocycles. The number of nitrogens with one attached hydrogen (secondary N) is 2. The molecule has 1 amide bonds. The van der Waals surface area contributed by atoms with Crippen LogP contribution in [0.25, 0.3) is 22.3 Å². The van der Waals surface area contributed by atoms with E-state index in [1.165, 1.54) is 0 Å². The van der Waals surface area contributed by atoms with Crippen molar-refractivity contribution in [1.82, 2.24) is 30.6 Å². The van der Waals surface area contributed by atoms with Gasteiger partial charge < -0.3 is 29.6 Å². The molecule has 10 heteroatoms. The maximum Gasteiger partial charge on any atom is 0.254 e. The topological polar surface area (TPSA) is 129 Å². The van der Waals surface area contributed by atoms with Crippen molar-refractivity contribution in [3.8, 4) is 22.9 Å². The quantitative estimate of drug-likeness (QED) is 0.254. The highest BCUT2D eigenvalue weighted by atomic mass is 16.5. The lowest BCUT2D eigenvalue weighted by Crippen LogP contribution is -2.49. The van der Waals surface area contributed by atoms with E-state index in [1.54, 1.807) is 12.1 Å². The van der Waals surface area contributed by atoms with Crippen molar-refractivity contribution in [3.05, 3.63) is 53.9 Å². The highest BCUT2D eigenvalue weighted by Crippen LogP contribution is 2.32. The number of rotatable bonds is 11. The molecule has 0 unspecified atom stereocenters. The Morgan fingerprint density at radius 2 is 2.00 bits per heavy atom. The van der Waals surface area contributed by atoms with Gasteiger partial charge in [-0.15, -0.1) is 10.2 Å². The fourth-order valence-electron chi connectivity index (χ4n) is 4.46. The molecule has 0 saturated carbocycles. The summed E-state index contributed by atoms with van der Waals surface area (Å²) in [5, 5.41) is 26.8. The molecule has 4 aromatic rings. The van der Waals surface area contributed by atoms with Crippen molar-refractivity contribution in [2.45, 2.75) is 39.0 Å². The van der Waals surface area contributed by atoms with E-state index in [1.807, 2.05) is 29.2 Å². The van der Waals surface area contributed by atoms with Crippen LogP contribution in [0.3, 0.4) is 0 Å². The number of fused-ring (bicyclic) bond motifs is 1. The Morgan fingerprint density at radius 3 is 2.79 bits per heavy atom. The van der Waals surface area contributed by atoms with Crippen LogP contribution >= 0.6 is 0 Å². The van der Waals surface area contributed by atoms with Crippen molar-refractivity contribution >= 4 is 16.9 Å². The number of amides is 1. The van der Waals surface area contributed by atoms with Crippen LogP contribution in [-0.4, -0.2) is 69.0 Å². The predicted octanol–water partition coefficient (Wildman–Crippen LogP) is 4.06. The number of hydrogen-bond donors (Lipinski definition) is 3. The molecular formula is C28H34N6O4. The van der Waals surface area contributed by atoms with E-state index in [0.29, 0.717) is 67.9 Å². The molecule has 10 nitrogen and oxygen atoms in total. The van der Waals surface area contributed by atoms with Crippen LogP contribution in [0.4, 0.5) is 0 Å². The summed E-state index contributed by atoms with van der Waals surface area (Å²) in [5.74, 6) is 2.64. The summed E-state index contributed by atoms with van der Waals surface area (Å²) in [4.78, 5) is 17.8. The van der Waals surface area contributed by atoms with Crippen LogP contribution in [0.5, 0.6) is 11.6 Å². The summed E-state index contributed by atoms with van der Waals surface area (Å²) in [6.07, 6.45) is 0.439. The highest BCUT2D eigenvalue weighted by molar-refractivity contribution is 5.82. The van der Waals surface area contributed by atoms with Gasteiger partial charge in [-0.2, -0.15) is 0 Å². The monoisotopic (exact) mass is 518 g/mol. The number of aromatic nitrogens is 4. The third kappa shape index (κ3) is 5.65. The lowest BCUT2D eigenvalue weighted by atomic mass is 9.96. The molecule has 0 radical (unpaired) electrons. The molecule has 1 aromatic carbocycles. The first-order chi connectivity index (χ1) is 18.4. The van der Waals surface area contributed by atoms with Gasteiger partial charge in [0.2, 0.25) is 5.91 Å². The summed E-state index contributed by atoms with van der Waals surface area (Å²) >= 11 is 0. The number of likely N-dealkylation sites (tertiary alicyclic amines) is 1. The van der Waals surface area contributed by atoms with Crippen LogP contribution in [-0.2, 0) is 4.79 Å². The molecule has 1 aliphatic rings. The van der Waals surface area contributed by atoms with Crippen molar-refractivity contribution < 1.29 is 19.2 Å². The van der Waals surface area contributed by atoms with Crippen LogP contribution in [0.1, 0.15) is 50.5 Å². The molecule has 1 aliphatic heterocycles. The van der Waals surface area contributed by atoms with Crippen molar-refractivity contribution in [1.29, 1.82) is 0 Å². The average Bonchev–Trinajstić information content (AvgIpc) is 3.51. The minimum Gasteiger partial charge on any atom is -0.507 e. The summed E-state index contributed by atoms with van der Waals surface area (Å²) in [6.45, 7) is 9.42. The van der Waals surface area contributed by atoms with Gasteiger partial charge in [-0.25, -0.2) is 0 Å². The molecule has 1 atom stereocenters. The number of hydrogen-bond acceptors (Lipinski definition) is 8. The zero-order valence-corrected chi connectivity index (χ0v) is 22.0. The Morgan fingerprint density at radius 1 is 1.18 bits per heavy atom. The molecule has 200 valence electrons. The number of para-hydroxylation sites is 1. The molecule has 0 spiro atoms. The fraction of sp³-hybridized carbons (Fsp3) is 0.429. The minimum atomic E-state index is 0.135. The second kappa shape index (κ2) is 11.2. The van der Waals surface area contributed by atoms with Gasteiger partial charge in [0.05, 0.1) is 5.69 Å². The summed E-state index contributed by atoms with van der Waals surface area (Å²) in [6, 6.07) is 12.9. The number of nitrogens with zero attached hydrogens (tertiary/aromatic N) is 4. The molecule has 1 fully saturated rings. The van der Waals surface area contributed by atoms with E-state index >= 15 is 0 Å². The Labute approximate surface area is 221 Å². The van der Waals surface area contributed by atoms with Gasteiger partial charge in [-0.1, -0.05) is 32.9 Å². The van der Waals surface area contributed by atoms with E-state index in [4.69, 9.17) is 9.26 Å². The molecular weight excluding hydrogens is 484 g/mol. The van der Waals surface area contributed by atoms with Gasteiger partial charge in [0.1, 0.15) is 18.1 Å². The molecule has 38 heavy (non-hydrogen) atoms. The molecule has 0 bridgehead atoms. The van der Waals surface area contributed by atoms with Crippen LogP contribution in [0, 0.1) is 5.92 Å². The largest absolute Gasteiger partial charge is 0.507 e. The van der Waals surface area contributed by atoms with Crippen molar-refractivity contribution in [3.63, 3.8) is 0 Å². The third-order valence-electron chi connectivity index (χ3n) is 7.25. The SMILES string of the molecule is CC(C)[C@@H](C)c1cc(OCCNCCC(=O)N2CC(c3cc4cc(-c5ccccc5O)nnc4[nH]3)C2)no1. The molecule has 4 heterocycles. The third-order valence-corrected chi connectivity index (χ3v) is 7.25. The number of carbonyl (C=O) groups is 1. The van der Waals surface area contributed by atoms with E-state index in [2.05, 4.69) is 52.5 Å². The normalized spacial score (nSPS) is 14.7. The molecule has 3 N–H and O–H groups in total. The number of phenols is 1. The number of ether oxygens (including phenoxy) is 1. The average molecular weight is 519 g/mol. The van der Waals surface area contributed by atoms with Crippen molar-refractivity contribution in [2.75, 3.05) is 32.8 Å². The second-order valence-electron chi connectivity index (χ2n) is 10.2. The highest BCUT2D eigenvalue weighted by Gasteiger charge is 2.32. The van der Waals surface area contributed by atoms with Gasteiger partial charge in [-0.05, 0) is 35.3 Å². The lowest BCUT2D eigenvalue weighted by Gasteiger charge is -2.39. The number of H-pyrrole nitrogens is 1.